The second-order valence-electron chi connectivity index (χ2n) is 2.94. The first-order valence-electron chi connectivity index (χ1n) is 4.41. The monoisotopic (exact) mass is 204 g/mol. The first kappa shape index (κ1) is 9.58. The fourth-order valence-corrected chi connectivity index (χ4v) is 1.24. The van der Waals surface area contributed by atoms with Crippen LogP contribution in [0.25, 0.3) is 11.3 Å². The molecule has 76 valence electrons. The zero-order valence-corrected chi connectivity index (χ0v) is 8.14. The van der Waals surface area contributed by atoms with Crippen molar-refractivity contribution in [3.8, 4) is 17.0 Å². The van der Waals surface area contributed by atoms with Gasteiger partial charge in [-0.3, -0.25) is 9.97 Å². The number of halogens is 1. The van der Waals surface area contributed by atoms with Crippen molar-refractivity contribution in [1.29, 1.82) is 0 Å². The summed E-state index contributed by atoms with van der Waals surface area (Å²) in [6.07, 6.45) is 4.25. The van der Waals surface area contributed by atoms with Crippen LogP contribution in [0.3, 0.4) is 0 Å². The molecule has 0 unspecified atom stereocenters. The maximum absolute atomic E-state index is 13.3. The number of ether oxygens (including phenoxy) is 1. The van der Waals surface area contributed by atoms with Crippen LogP contribution in [0, 0.1) is 5.82 Å². The first-order chi connectivity index (χ1) is 7.31. The average Bonchev–Trinajstić information content (AvgIpc) is 2.30. The largest absolute Gasteiger partial charge is 0.495 e. The van der Waals surface area contributed by atoms with Crippen LogP contribution in [0.15, 0.2) is 36.8 Å². The van der Waals surface area contributed by atoms with E-state index in [0.29, 0.717) is 17.0 Å². The number of hydrogen-bond donors (Lipinski definition) is 0. The maximum Gasteiger partial charge on any atom is 0.150 e. The smallest absolute Gasteiger partial charge is 0.150 e. The van der Waals surface area contributed by atoms with Gasteiger partial charge in [-0.1, -0.05) is 0 Å². The molecule has 0 N–H and O–H groups in total. The molecule has 0 atom stereocenters. The molecule has 3 nitrogen and oxygen atoms in total. The Bertz CT molecular complexity index is 456. The summed E-state index contributed by atoms with van der Waals surface area (Å²) in [5, 5.41) is 0. The van der Waals surface area contributed by atoms with Gasteiger partial charge in [0.25, 0.3) is 0 Å². The van der Waals surface area contributed by atoms with E-state index in [2.05, 4.69) is 9.97 Å². The number of hydrogen-bond acceptors (Lipinski definition) is 3. The molecule has 0 aliphatic rings. The molecule has 0 radical (unpaired) electrons. The molecule has 0 aliphatic heterocycles. The van der Waals surface area contributed by atoms with Gasteiger partial charge in [-0.2, -0.15) is 0 Å². The molecule has 2 rings (SSSR count). The summed E-state index contributed by atoms with van der Waals surface area (Å²) < 4.78 is 18.3. The van der Waals surface area contributed by atoms with Gasteiger partial charge < -0.3 is 4.74 Å². The van der Waals surface area contributed by atoms with E-state index < -0.39 is 0 Å². The van der Waals surface area contributed by atoms with Crippen LogP contribution in [-0.4, -0.2) is 17.1 Å². The van der Waals surface area contributed by atoms with Crippen molar-refractivity contribution in [3.05, 3.63) is 42.6 Å². The normalized spacial score (nSPS) is 10.0. The van der Waals surface area contributed by atoms with Crippen LogP contribution in [0.4, 0.5) is 4.39 Å². The topological polar surface area (TPSA) is 35.0 Å². The van der Waals surface area contributed by atoms with Gasteiger partial charge in [0.2, 0.25) is 0 Å². The summed E-state index contributed by atoms with van der Waals surface area (Å²) in [5.74, 6) is 0.267. The number of rotatable bonds is 2. The van der Waals surface area contributed by atoms with Gasteiger partial charge in [-0.15, -0.1) is 0 Å². The van der Waals surface area contributed by atoms with Gasteiger partial charge in [0.15, 0.2) is 5.82 Å². The van der Waals surface area contributed by atoms with Gasteiger partial charge in [0, 0.05) is 11.8 Å². The standard InChI is InChI=1S/C11H9FN2O/c1-15-8-2-3-11(14-6-8)9-4-5-13-7-10(9)12/h2-7H,1H3. The fourth-order valence-electron chi connectivity index (χ4n) is 1.24. The molecule has 2 heterocycles. The van der Waals surface area contributed by atoms with E-state index >= 15 is 0 Å². The summed E-state index contributed by atoms with van der Waals surface area (Å²) >= 11 is 0. The van der Waals surface area contributed by atoms with Gasteiger partial charge in [0.1, 0.15) is 5.75 Å². The van der Waals surface area contributed by atoms with E-state index in [4.69, 9.17) is 4.74 Å². The Labute approximate surface area is 86.6 Å². The lowest BCUT2D eigenvalue weighted by atomic mass is 10.2. The van der Waals surface area contributed by atoms with E-state index in [9.17, 15) is 4.39 Å². The maximum atomic E-state index is 13.3. The van der Waals surface area contributed by atoms with Crippen molar-refractivity contribution < 1.29 is 9.13 Å². The van der Waals surface area contributed by atoms with E-state index in [0.717, 1.165) is 0 Å². The quantitative estimate of drug-likeness (QED) is 0.752. The fraction of sp³-hybridized carbons (Fsp3) is 0.0909. The Kier molecular flexibility index (Phi) is 2.58. The molecule has 0 saturated carbocycles. The number of aromatic nitrogens is 2. The zero-order valence-electron chi connectivity index (χ0n) is 8.14. The van der Waals surface area contributed by atoms with Crippen LogP contribution in [0.1, 0.15) is 0 Å². The highest BCUT2D eigenvalue weighted by atomic mass is 19.1. The summed E-state index contributed by atoms with van der Waals surface area (Å²) in [4.78, 5) is 7.76. The number of methoxy groups -OCH3 is 1. The van der Waals surface area contributed by atoms with Crippen molar-refractivity contribution in [2.24, 2.45) is 0 Å². The summed E-state index contributed by atoms with van der Waals surface area (Å²) in [5.41, 5.74) is 1.00. The van der Waals surface area contributed by atoms with Gasteiger partial charge in [0.05, 0.1) is 25.2 Å². The summed E-state index contributed by atoms with van der Waals surface area (Å²) in [6.45, 7) is 0. The third-order valence-corrected chi connectivity index (χ3v) is 2.02. The lowest BCUT2D eigenvalue weighted by Crippen LogP contribution is -1.90. The van der Waals surface area contributed by atoms with E-state index in [1.807, 2.05) is 0 Å². The van der Waals surface area contributed by atoms with E-state index in [-0.39, 0.29) is 5.82 Å². The minimum Gasteiger partial charge on any atom is -0.495 e. The zero-order chi connectivity index (χ0) is 10.7. The highest BCUT2D eigenvalue weighted by Gasteiger charge is 2.05. The van der Waals surface area contributed by atoms with Crippen LogP contribution < -0.4 is 4.74 Å². The molecular weight excluding hydrogens is 195 g/mol. The highest BCUT2D eigenvalue weighted by Crippen LogP contribution is 2.21. The molecule has 0 aromatic carbocycles. The minimum atomic E-state index is -0.379. The van der Waals surface area contributed by atoms with Crippen LogP contribution in [-0.2, 0) is 0 Å². The molecule has 15 heavy (non-hydrogen) atoms. The Morgan fingerprint density at radius 1 is 1.20 bits per heavy atom. The molecule has 2 aromatic rings. The van der Waals surface area contributed by atoms with E-state index in [1.54, 1.807) is 31.5 Å². The third kappa shape index (κ3) is 1.93. The predicted octanol–water partition coefficient (Wildman–Crippen LogP) is 2.29. The lowest BCUT2D eigenvalue weighted by Gasteiger charge is -2.03. The summed E-state index contributed by atoms with van der Waals surface area (Å²) in [7, 11) is 1.56. The lowest BCUT2D eigenvalue weighted by molar-refractivity contribution is 0.413. The van der Waals surface area contributed by atoms with Crippen molar-refractivity contribution in [1.82, 2.24) is 9.97 Å². The van der Waals surface area contributed by atoms with Crippen molar-refractivity contribution in [2.45, 2.75) is 0 Å². The second kappa shape index (κ2) is 4.04. The van der Waals surface area contributed by atoms with Crippen LogP contribution in [0.5, 0.6) is 5.75 Å². The number of nitrogens with zero attached hydrogens (tertiary/aromatic N) is 2. The van der Waals surface area contributed by atoms with Gasteiger partial charge in [-0.25, -0.2) is 4.39 Å². The molecule has 0 spiro atoms. The third-order valence-electron chi connectivity index (χ3n) is 2.02. The molecule has 0 saturated heterocycles. The average molecular weight is 204 g/mol. The Balaban J connectivity index is 2.42. The first-order valence-corrected chi connectivity index (χ1v) is 4.41. The van der Waals surface area contributed by atoms with Crippen molar-refractivity contribution >= 4 is 0 Å². The molecule has 0 fully saturated rings. The van der Waals surface area contributed by atoms with Gasteiger partial charge in [-0.05, 0) is 18.2 Å². The molecule has 0 aliphatic carbocycles. The highest BCUT2D eigenvalue weighted by molar-refractivity contribution is 5.59. The number of pyridine rings is 2. The predicted molar refractivity (Wildman–Crippen MR) is 54.0 cm³/mol. The minimum absolute atomic E-state index is 0.379. The Hall–Kier alpha value is -1.97. The van der Waals surface area contributed by atoms with Gasteiger partial charge >= 0.3 is 0 Å². The summed E-state index contributed by atoms with van der Waals surface area (Å²) in [6, 6.07) is 5.03. The SMILES string of the molecule is COc1ccc(-c2ccncc2F)nc1. The second-order valence-corrected chi connectivity index (χ2v) is 2.94. The van der Waals surface area contributed by atoms with Crippen LogP contribution in [0.2, 0.25) is 0 Å². The van der Waals surface area contributed by atoms with Crippen molar-refractivity contribution in [3.63, 3.8) is 0 Å². The molecule has 0 amide bonds. The molecule has 2 aromatic heterocycles. The van der Waals surface area contributed by atoms with E-state index in [1.165, 1.54) is 12.4 Å². The molecular formula is C11H9FN2O. The van der Waals surface area contributed by atoms with Crippen molar-refractivity contribution in [2.75, 3.05) is 7.11 Å². The molecule has 0 bridgehead atoms. The Morgan fingerprint density at radius 3 is 2.67 bits per heavy atom. The Morgan fingerprint density at radius 2 is 2.07 bits per heavy atom. The van der Waals surface area contributed by atoms with Crippen LogP contribution >= 0.6 is 0 Å². The molecule has 4 heteroatoms.